The highest BCUT2D eigenvalue weighted by molar-refractivity contribution is 5.63. The molecular formula is C26H28F3NO4. The number of hydrogen-bond acceptors (Lipinski definition) is 5. The van der Waals surface area contributed by atoms with Gasteiger partial charge in [-0.05, 0) is 51.0 Å². The van der Waals surface area contributed by atoms with Crippen molar-refractivity contribution in [3.8, 4) is 5.75 Å². The molecule has 5 nitrogen and oxygen atoms in total. The lowest BCUT2D eigenvalue weighted by atomic mass is 9.92. The lowest BCUT2D eigenvalue weighted by Crippen LogP contribution is -2.24. The van der Waals surface area contributed by atoms with Crippen molar-refractivity contribution in [2.45, 2.75) is 58.9 Å². The second-order valence-corrected chi connectivity index (χ2v) is 8.16. The Bertz CT molecular complexity index is 1090. The molecule has 2 unspecified atom stereocenters. The maximum atomic E-state index is 13.1. The van der Waals surface area contributed by atoms with E-state index in [4.69, 9.17) is 14.2 Å². The number of halogens is 3. The van der Waals surface area contributed by atoms with Gasteiger partial charge in [-0.3, -0.25) is 0 Å². The second-order valence-electron chi connectivity index (χ2n) is 8.16. The molecule has 2 atom stereocenters. The molecule has 34 heavy (non-hydrogen) atoms. The van der Waals surface area contributed by atoms with E-state index in [1.807, 2.05) is 32.1 Å². The summed E-state index contributed by atoms with van der Waals surface area (Å²) in [6.07, 6.45) is -2.97. The van der Waals surface area contributed by atoms with Crippen LogP contribution in [0.3, 0.4) is 0 Å². The van der Waals surface area contributed by atoms with E-state index in [9.17, 15) is 18.0 Å². The van der Waals surface area contributed by atoms with E-state index in [1.54, 1.807) is 32.0 Å². The number of hydrogen-bond donors (Lipinski definition) is 1. The van der Waals surface area contributed by atoms with Crippen LogP contribution >= 0.6 is 0 Å². The summed E-state index contributed by atoms with van der Waals surface area (Å²) in [5.41, 5.74) is 1.88. The zero-order valence-electron chi connectivity index (χ0n) is 19.5. The third kappa shape index (κ3) is 6.34. The summed E-state index contributed by atoms with van der Waals surface area (Å²) in [5.74, 6) is 0.387. The maximum absolute atomic E-state index is 13.1. The number of para-hydroxylation sites is 1. The number of ether oxygens (including phenoxy) is 3. The molecule has 1 aliphatic rings. The molecule has 0 aliphatic carbocycles. The van der Waals surface area contributed by atoms with E-state index in [0.717, 1.165) is 17.8 Å². The van der Waals surface area contributed by atoms with Crippen molar-refractivity contribution < 1.29 is 32.2 Å². The lowest BCUT2D eigenvalue weighted by molar-refractivity contribution is -0.137. The van der Waals surface area contributed by atoms with Crippen LogP contribution in [0.25, 0.3) is 0 Å². The number of dihydropyridines is 1. The molecule has 1 N–H and O–H groups in total. The number of rotatable bonds is 7. The molecule has 0 saturated heterocycles. The quantitative estimate of drug-likeness (QED) is 0.435. The van der Waals surface area contributed by atoms with Crippen molar-refractivity contribution in [3.63, 3.8) is 0 Å². The van der Waals surface area contributed by atoms with E-state index >= 15 is 0 Å². The number of alkyl halides is 3. The summed E-state index contributed by atoms with van der Waals surface area (Å²) in [6.45, 7) is 7.31. The average molecular weight is 476 g/mol. The molecule has 0 amide bonds. The fourth-order valence-corrected chi connectivity index (χ4v) is 3.56. The van der Waals surface area contributed by atoms with E-state index < -0.39 is 23.8 Å². The molecule has 8 heteroatoms. The van der Waals surface area contributed by atoms with E-state index in [1.165, 1.54) is 6.07 Å². The minimum Gasteiger partial charge on any atom is -0.489 e. The first-order chi connectivity index (χ1) is 16.1. The van der Waals surface area contributed by atoms with Crippen LogP contribution in [0.1, 0.15) is 56.7 Å². The molecule has 0 radical (unpaired) electrons. The largest absolute Gasteiger partial charge is 0.513 e. The van der Waals surface area contributed by atoms with Crippen molar-refractivity contribution in [2.75, 3.05) is 0 Å². The zero-order chi connectivity index (χ0) is 24.9. The molecule has 0 fully saturated rings. The summed E-state index contributed by atoms with van der Waals surface area (Å²) in [4.78, 5) is 12.3. The molecule has 182 valence electrons. The number of allylic oxidation sites excluding steroid dienone is 3. The van der Waals surface area contributed by atoms with Crippen LogP contribution in [-0.4, -0.2) is 12.3 Å². The Morgan fingerprint density at radius 2 is 1.85 bits per heavy atom. The smallest absolute Gasteiger partial charge is 0.489 e. The van der Waals surface area contributed by atoms with Crippen LogP contribution in [0.2, 0.25) is 0 Å². The van der Waals surface area contributed by atoms with E-state index in [-0.39, 0.29) is 12.7 Å². The fraction of sp³-hybridized carbons (Fsp3) is 0.346. The normalized spacial score (nSPS) is 16.9. The summed E-state index contributed by atoms with van der Waals surface area (Å²) in [5, 5.41) is 3.16. The van der Waals surface area contributed by atoms with Crippen molar-refractivity contribution in [3.05, 3.63) is 88.5 Å². The standard InChI is InChI=1S/C26H28F3NO4/c1-5-17(3)33-25(31)34-24-18(4)30-16(2)13-22(24)21-11-6-7-12-23(21)32-15-19-9-8-10-20(14-19)26(27,28)29/h6-14,17,22,30H,5,15H2,1-4H3. The Kier molecular flexibility index (Phi) is 7.91. The van der Waals surface area contributed by atoms with Crippen LogP contribution in [-0.2, 0) is 22.3 Å². The van der Waals surface area contributed by atoms with Crippen LogP contribution < -0.4 is 10.1 Å². The Labute approximate surface area is 197 Å². The molecule has 2 aromatic carbocycles. The van der Waals surface area contributed by atoms with Crippen LogP contribution in [0.5, 0.6) is 5.75 Å². The first-order valence-corrected chi connectivity index (χ1v) is 11.0. The van der Waals surface area contributed by atoms with Crippen LogP contribution in [0.4, 0.5) is 18.0 Å². The first kappa shape index (κ1) is 25.2. The van der Waals surface area contributed by atoms with Crippen LogP contribution in [0, 0.1) is 0 Å². The predicted molar refractivity (Wildman–Crippen MR) is 122 cm³/mol. The van der Waals surface area contributed by atoms with Gasteiger partial charge in [0.1, 0.15) is 24.2 Å². The Balaban J connectivity index is 1.86. The highest BCUT2D eigenvalue weighted by atomic mass is 19.4. The molecule has 1 heterocycles. The molecular weight excluding hydrogens is 447 g/mol. The predicted octanol–water partition coefficient (Wildman–Crippen LogP) is 7.06. The van der Waals surface area contributed by atoms with Crippen molar-refractivity contribution >= 4 is 6.16 Å². The first-order valence-electron chi connectivity index (χ1n) is 11.0. The van der Waals surface area contributed by atoms with Crippen molar-refractivity contribution in [2.24, 2.45) is 0 Å². The van der Waals surface area contributed by atoms with Gasteiger partial charge in [-0.2, -0.15) is 13.2 Å². The third-order valence-electron chi connectivity index (χ3n) is 5.42. The second kappa shape index (κ2) is 10.7. The SMILES string of the molecule is CCC(C)OC(=O)OC1=C(C)NC(C)=CC1c1ccccc1OCc1cccc(C(F)(F)F)c1. The van der Waals surface area contributed by atoms with Crippen molar-refractivity contribution in [1.82, 2.24) is 5.32 Å². The highest BCUT2D eigenvalue weighted by Crippen LogP contribution is 2.38. The molecule has 2 aromatic rings. The summed E-state index contributed by atoms with van der Waals surface area (Å²) < 4.78 is 56.0. The monoisotopic (exact) mass is 475 g/mol. The lowest BCUT2D eigenvalue weighted by Gasteiger charge is -2.27. The number of carbonyl (C=O) groups excluding carboxylic acids is 1. The van der Waals surface area contributed by atoms with Gasteiger partial charge in [-0.15, -0.1) is 0 Å². The minimum absolute atomic E-state index is 0.0520. The summed E-state index contributed by atoms with van der Waals surface area (Å²) >= 11 is 0. The minimum atomic E-state index is -4.43. The van der Waals surface area contributed by atoms with Gasteiger partial charge in [-0.25, -0.2) is 4.79 Å². The molecule has 0 spiro atoms. The van der Waals surface area contributed by atoms with Gasteiger partial charge in [0, 0.05) is 11.3 Å². The Hall–Kier alpha value is -3.42. The summed E-state index contributed by atoms with van der Waals surface area (Å²) in [7, 11) is 0. The van der Waals surface area contributed by atoms with Gasteiger partial charge < -0.3 is 19.5 Å². The average Bonchev–Trinajstić information content (AvgIpc) is 2.79. The number of carbonyl (C=O) groups is 1. The van der Waals surface area contributed by atoms with E-state index in [2.05, 4.69) is 5.32 Å². The maximum Gasteiger partial charge on any atom is 0.513 e. The number of nitrogens with one attached hydrogen (secondary N) is 1. The molecule has 3 rings (SSSR count). The van der Waals surface area contributed by atoms with E-state index in [0.29, 0.717) is 34.8 Å². The van der Waals surface area contributed by atoms with Gasteiger partial charge in [0.25, 0.3) is 0 Å². The fourth-order valence-electron chi connectivity index (χ4n) is 3.56. The van der Waals surface area contributed by atoms with Gasteiger partial charge in [0.05, 0.1) is 17.2 Å². The third-order valence-corrected chi connectivity index (χ3v) is 5.42. The Morgan fingerprint density at radius 1 is 1.12 bits per heavy atom. The molecule has 0 saturated carbocycles. The Morgan fingerprint density at radius 3 is 2.56 bits per heavy atom. The van der Waals surface area contributed by atoms with Gasteiger partial charge in [-0.1, -0.05) is 43.3 Å². The van der Waals surface area contributed by atoms with Gasteiger partial charge >= 0.3 is 12.3 Å². The molecule has 0 aromatic heterocycles. The zero-order valence-corrected chi connectivity index (χ0v) is 19.5. The summed E-state index contributed by atoms with van der Waals surface area (Å²) in [6, 6.07) is 12.2. The topological polar surface area (TPSA) is 56.8 Å². The van der Waals surface area contributed by atoms with Gasteiger partial charge in [0.2, 0.25) is 0 Å². The number of benzene rings is 2. The highest BCUT2D eigenvalue weighted by Gasteiger charge is 2.31. The molecule has 0 bridgehead atoms. The molecule has 1 aliphatic heterocycles. The van der Waals surface area contributed by atoms with Gasteiger partial charge in [0.15, 0.2) is 0 Å². The van der Waals surface area contributed by atoms with Crippen molar-refractivity contribution in [1.29, 1.82) is 0 Å². The van der Waals surface area contributed by atoms with Crippen LogP contribution in [0.15, 0.2) is 71.8 Å².